The number of nitrogens with one attached hydrogen (secondary N) is 1. The Morgan fingerprint density at radius 3 is 2.62 bits per heavy atom. The van der Waals surface area contributed by atoms with Crippen LogP contribution in [0.5, 0.6) is 0 Å². The van der Waals surface area contributed by atoms with Crippen molar-refractivity contribution in [3.8, 4) is 0 Å². The van der Waals surface area contributed by atoms with Crippen molar-refractivity contribution >= 4 is 34.5 Å². The molecule has 128 valence electrons. The molecule has 2 aromatic heterocycles. The maximum atomic E-state index is 12.3. The molecule has 24 heavy (non-hydrogen) atoms. The lowest BCUT2D eigenvalue weighted by molar-refractivity contribution is 0.0638. The maximum absolute atomic E-state index is 12.3. The van der Waals surface area contributed by atoms with Crippen LogP contribution in [0, 0.1) is 6.92 Å². The van der Waals surface area contributed by atoms with Crippen LogP contribution in [-0.2, 0) is 0 Å². The van der Waals surface area contributed by atoms with Crippen LogP contribution >= 0.6 is 22.7 Å². The van der Waals surface area contributed by atoms with Gasteiger partial charge >= 0.3 is 0 Å². The van der Waals surface area contributed by atoms with Crippen LogP contribution < -0.4 is 5.32 Å². The zero-order chi connectivity index (χ0) is 16.9. The van der Waals surface area contributed by atoms with Gasteiger partial charge in [0.25, 0.3) is 11.8 Å². The predicted octanol–water partition coefficient (Wildman–Crippen LogP) is 2.31. The topological polar surface area (TPSA) is 52.7 Å². The summed E-state index contributed by atoms with van der Waals surface area (Å²) in [6.07, 6.45) is 0. The average Bonchev–Trinajstić information content (AvgIpc) is 3.26. The van der Waals surface area contributed by atoms with Crippen molar-refractivity contribution in [1.82, 2.24) is 15.1 Å². The van der Waals surface area contributed by atoms with Gasteiger partial charge < -0.3 is 10.2 Å². The van der Waals surface area contributed by atoms with Crippen molar-refractivity contribution in [2.45, 2.75) is 6.92 Å². The number of carbonyl (C=O) groups is 2. The Labute approximate surface area is 149 Å². The third-order valence-electron chi connectivity index (χ3n) is 4.10. The van der Waals surface area contributed by atoms with E-state index in [4.69, 9.17) is 0 Å². The number of aryl methyl sites for hydroxylation is 1. The van der Waals surface area contributed by atoms with Gasteiger partial charge in [0.1, 0.15) is 0 Å². The number of carbonyl (C=O) groups excluding carboxylic acids is 2. The Balaban J connectivity index is 1.38. The fourth-order valence-electron chi connectivity index (χ4n) is 2.71. The van der Waals surface area contributed by atoms with Crippen LogP contribution in [0.25, 0.3) is 0 Å². The molecule has 1 fully saturated rings. The van der Waals surface area contributed by atoms with Gasteiger partial charge in [-0.15, -0.1) is 11.3 Å². The van der Waals surface area contributed by atoms with Crippen molar-refractivity contribution in [2.75, 3.05) is 39.3 Å². The van der Waals surface area contributed by atoms with Gasteiger partial charge in [-0.25, -0.2) is 0 Å². The van der Waals surface area contributed by atoms with E-state index in [0.717, 1.165) is 48.7 Å². The molecule has 7 heteroatoms. The molecule has 2 aromatic rings. The Hall–Kier alpha value is -1.70. The number of piperazine rings is 1. The molecule has 1 saturated heterocycles. The van der Waals surface area contributed by atoms with Gasteiger partial charge in [0.2, 0.25) is 0 Å². The van der Waals surface area contributed by atoms with Crippen molar-refractivity contribution < 1.29 is 9.59 Å². The summed E-state index contributed by atoms with van der Waals surface area (Å²) in [7, 11) is 0. The van der Waals surface area contributed by atoms with Crippen LogP contribution in [0.1, 0.15) is 25.6 Å². The molecule has 3 heterocycles. The summed E-state index contributed by atoms with van der Waals surface area (Å²) in [5, 5.41) is 8.78. The molecule has 0 radical (unpaired) electrons. The molecular formula is C17H21N3O2S2. The molecule has 1 N–H and O–H groups in total. The Morgan fingerprint density at radius 2 is 2.00 bits per heavy atom. The van der Waals surface area contributed by atoms with E-state index in [1.165, 1.54) is 11.3 Å². The molecule has 0 aliphatic carbocycles. The van der Waals surface area contributed by atoms with Gasteiger partial charge in [0, 0.05) is 44.6 Å². The summed E-state index contributed by atoms with van der Waals surface area (Å²) in [5.74, 6) is 0.122. The molecule has 1 aliphatic rings. The van der Waals surface area contributed by atoms with E-state index in [9.17, 15) is 9.59 Å². The molecule has 0 unspecified atom stereocenters. The first-order valence-corrected chi connectivity index (χ1v) is 9.83. The van der Waals surface area contributed by atoms with Crippen molar-refractivity contribution in [3.05, 3.63) is 44.3 Å². The summed E-state index contributed by atoms with van der Waals surface area (Å²) < 4.78 is 0. The molecule has 5 nitrogen and oxygen atoms in total. The molecule has 0 atom stereocenters. The van der Waals surface area contributed by atoms with Crippen molar-refractivity contribution in [1.29, 1.82) is 0 Å². The van der Waals surface area contributed by atoms with E-state index >= 15 is 0 Å². The largest absolute Gasteiger partial charge is 0.350 e. The zero-order valence-electron chi connectivity index (χ0n) is 13.7. The second-order valence-electron chi connectivity index (χ2n) is 5.89. The quantitative estimate of drug-likeness (QED) is 0.887. The lowest BCUT2D eigenvalue weighted by atomic mass is 10.2. The molecule has 0 saturated carbocycles. The first-order chi connectivity index (χ1) is 11.6. The van der Waals surface area contributed by atoms with E-state index in [-0.39, 0.29) is 11.8 Å². The molecule has 1 aliphatic heterocycles. The summed E-state index contributed by atoms with van der Waals surface area (Å²) in [5.41, 5.74) is 1.91. The number of hydrogen-bond acceptors (Lipinski definition) is 5. The number of rotatable bonds is 5. The van der Waals surface area contributed by atoms with Gasteiger partial charge in [-0.3, -0.25) is 14.5 Å². The lowest BCUT2D eigenvalue weighted by Crippen LogP contribution is -2.50. The van der Waals surface area contributed by atoms with Crippen molar-refractivity contribution in [3.63, 3.8) is 0 Å². The van der Waals surface area contributed by atoms with Crippen LogP contribution in [-0.4, -0.2) is 60.9 Å². The molecular weight excluding hydrogens is 342 g/mol. The van der Waals surface area contributed by atoms with Gasteiger partial charge in [-0.1, -0.05) is 0 Å². The summed E-state index contributed by atoms with van der Waals surface area (Å²) in [6, 6.07) is 3.79. The summed E-state index contributed by atoms with van der Waals surface area (Å²) in [4.78, 5) is 29.2. The minimum absolute atomic E-state index is 0.000582. The average molecular weight is 364 g/mol. The monoisotopic (exact) mass is 363 g/mol. The highest BCUT2D eigenvalue weighted by Gasteiger charge is 2.22. The minimum atomic E-state index is -0.000582. The normalized spacial score (nSPS) is 15.5. The number of thiophene rings is 2. The third kappa shape index (κ3) is 4.23. The van der Waals surface area contributed by atoms with E-state index in [1.807, 2.05) is 40.1 Å². The standard InChI is InChI=1S/C17H21N3O2S2/c1-13-10-15(24-11-13)16(21)18-3-4-19-5-7-20(8-6-19)17(22)14-2-9-23-12-14/h2,9-12H,3-8H2,1H3,(H,18,21). The lowest BCUT2D eigenvalue weighted by Gasteiger charge is -2.34. The summed E-state index contributed by atoms with van der Waals surface area (Å²) >= 11 is 3.03. The van der Waals surface area contributed by atoms with E-state index in [0.29, 0.717) is 6.54 Å². The molecule has 2 amide bonds. The Morgan fingerprint density at radius 1 is 1.21 bits per heavy atom. The van der Waals surface area contributed by atoms with E-state index < -0.39 is 0 Å². The van der Waals surface area contributed by atoms with Crippen LogP contribution in [0.15, 0.2) is 28.3 Å². The number of nitrogens with zero attached hydrogens (tertiary/aromatic N) is 2. The first-order valence-electron chi connectivity index (χ1n) is 8.00. The van der Waals surface area contributed by atoms with E-state index in [1.54, 1.807) is 11.3 Å². The highest BCUT2D eigenvalue weighted by atomic mass is 32.1. The second kappa shape index (κ2) is 7.92. The van der Waals surface area contributed by atoms with Gasteiger partial charge in [0.05, 0.1) is 10.4 Å². The van der Waals surface area contributed by atoms with Crippen LogP contribution in [0.3, 0.4) is 0 Å². The fraction of sp³-hybridized carbons (Fsp3) is 0.412. The predicted molar refractivity (Wildman–Crippen MR) is 98.1 cm³/mol. The highest BCUT2D eigenvalue weighted by molar-refractivity contribution is 7.12. The van der Waals surface area contributed by atoms with Crippen molar-refractivity contribution in [2.24, 2.45) is 0 Å². The number of hydrogen-bond donors (Lipinski definition) is 1. The SMILES string of the molecule is Cc1csc(C(=O)NCCN2CCN(C(=O)c3ccsc3)CC2)c1. The highest BCUT2D eigenvalue weighted by Crippen LogP contribution is 2.13. The molecule has 3 rings (SSSR count). The molecule has 0 aromatic carbocycles. The third-order valence-corrected chi connectivity index (χ3v) is 5.83. The van der Waals surface area contributed by atoms with Gasteiger partial charge in [-0.05, 0) is 35.4 Å². The zero-order valence-corrected chi connectivity index (χ0v) is 15.3. The summed E-state index contributed by atoms with van der Waals surface area (Å²) in [6.45, 7) is 6.63. The first kappa shape index (κ1) is 17.1. The van der Waals surface area contributed by atoms with E-state index in [2.05, 4.69) is 10.2 Å². The van der Waals surface area contributed by atoms with Gasteiger partial charge in [-0.2, -0.15) is 11.3 Å². The molecule has 0 bridgehead atoms. The fourth-order valence-corrected chi connectivity index (χ4v) is 4.15. The van der Waals surface area contributed by atoms with Crippen LogP contribution in [0.4, 0.5) is 0 Å². The minimum Gasteiger partial charge on any atom is -0.350 e. The van der Waals surface area contributed by atoms with Crippen LogP contribution in [0.2, 0.25) is 0 Å². The smallest absolute Gasteiger partial charge is 0.261 e. The van der Waals surface area contributed by atoms with Gasteiger partial charge in [0.15, 0.2) is 0 Å². The second-order valence-corrected chi connectivity index (χ2v) is 7.58. The molecule has 0 spiro atoms. The Kier molecular flexibility index (Phi) is 5.65. The number of amides is 2. The maximum Gasteiger partial charge on any atom is 0.261 e. The Bertz CT molecular complexity index is 689.